The predicted molar refractivity (Wildman–Crippen MR) is 211 cm³/mol. The number of alkyl carbamates (subject to hydrolysis) is 1. The first kappa shape index (κ1) is 38.6. The Morgan fingerprint density at radius 2 is 1.59 bits per heavy atom. The van der Waals surface area contributed by atoms with Gasteiger partial charge in [0.1, 0.15) is 23.7 Å². The van der Waals surface area contributed by atoms with Gasteiger partial charge < -0.3 is 40.7 Å². The molecule has 14 nitrogen and oxygen atoms in total. The fraction of sp³-hybridized carbons (Fsp3) is 0.476. The summed E-state index contributed by atoms with van der Waals surface area (Å²) in [6.07, 6.45) is 5.95. The number of imidazole rings is 2. The molecule has 3 aliphatic rings. The summed E-state index contributed by atoms with van der Waals surface area (Å²) >= 11 is 0. The van der Waals surface area contributed by atoms with Crippen LogP contribution in [0.25, 0.3) is 33.6 Å². The number of carbonyl (C=O) groups excluding carboxylic acids is 3. The number of H-pyrrole nitrogens is 2. The van der Waals surface area contributed by atoms with Crippen molar-refractivity contribution in [3.63, 3.8) is 0 Å². The summed E-state index contributed by atoms with van der Waals surface area (Å²) in [7, 11) is 1.30. The van der Waals surface area contributed by atoms with Crippen molar-refractivity contribution in [3.05, 3.63) is 71.6 Å². The molecule has 0 unspecified atom stereocenters. The molecule has 2 aromatic carbocycles. The van der Waals surface area contributed by atoms with Crippen molar-refractivity contribution in [1.29, 1.82) is 0 Å². The normalized spacial score (nSPS) is 20.0. The Kier molecular flexibility index (Phi) is 11.2. The number of fused-ring (bicyclic) bond motifs is 3. The lowest BCUT2D eigenvalue weighted by atomic mass is 9.89. The van der Waals surface area contributed by atoms with Crippen LogP contribution in [0.3, 0.4) is 0 Å². The molecule has 4 amide bonds. The monoisotopic (exact) mass is 764 g/mol. The lowest BCUT2D eigenvalue weighted by molar-refractivity contribution is -0.135. The molecule has 4 aromatic rings. The highest BCUT2D eigenvalue weighted by atomic mass is 16.5. The number of methoxy groups -OCH3 is 1. The summed E-state index contributed by atoms with van der Waals surface area (Å²) in [5.74, 6) is 0.905. The number of rotatable bonds is 11. The number of carboxylic acid groups (broad SMARTS) is 1. The van der Waals surface area contributed by atoms with Crippen molar-refractivity contribution in [2.45, 2.75) is 103 Å². The molecule has 6 N–H and O–H groups in total. The van der Waals surface area contributed by atoms with Gasteiger partial charge in [-0.05, 0) is 72.6 Å². The van der Waals surface area contributed by atoms with E-state index in [-0.39, 0.29) is 41.7 Å². The number of nitrogens with one attached hydrogen (secondary N) is 5. The van der Waals surface area contributed by atoms with Crippen molar-refractivity contribution in [1.82, 2.24) is 40.8 Å². The van der Waals surface area contributed by atoms with Crippen LogP contribution in [-0.2, 0) is 27.2 Å². The van der Waals surface area contributed by atoms with Gasteiger partial charge in [-0.25, -0.2) is 19.6 Å². The zero-order valence-electron chi connectivity index (χ0n) is 32.6. The molecule has 2 aliphatic carbocycles. The van der Waals surface area contributed by atoms with Gasteiger partial charge in [-0.15, -0.1) is 0 Å². The summed E-state index contributed by atoms with van der Waals surface area (Å²) in [5.41, 5.74) is 8.50. The van der Waals surface area contributed by atoms with E-state index in [0.29, 0.717) is 6.54 Å². The van der Waals surface area contributed by atoms with Gasteiger partial charge in [0.25, 0.3) is 0 Å². The molecule has 5 atom stereocenters. The number of carbonyl (C=O) groups is 4. The van der Waals surface area contributed by atoms with Gasteiger partial charge in [0.2, 0.25) is 11.8 Å². The Morgan fingerprint density at radius 3 is 2.30 bits per heavy atom. The third-order valence-corrected chi connectivity index (χ3v) is 11.6. The molecule has 14 heteroatoms. The molecule has 0 radical (unpaired) electrons. The van der Waals surface area contributed by atoms with E-state index in [1.54, 1.807) is 0 Å². The first-order valence-corrected chi connectivity index (χ1v) is 19.7. The molecule has 7 rings (SSSR count). The number of hydrogen-bond acceptors (Lipinski definition) is 7. The Hall–Kier alpha value is -5.66. The second kappa shape index (κ2) is 16.2. The van der Waals surface area contributed by atoms with E-state index in [2.05, 4.69) is 68.4 Å². The van der Waals surface area contributed by atoms with Gasteiger partial charge >= 0.3 is 12.2 Å². The average Bonchev–Trinajstić information content (AvgIpc) is 4.01. The van der Waals surface area contributed by atoms with Crippen LogP contribution < -0.4 is 16.0 Å². The predicted octanol–water partition coefficient (Wildman–Crippen LogP) is 6.32. The molecular formula is C42H52N8O6. The second-order valence-corrected chi connectivity index (χ2v) is 15.9. The van der Waals surface area contributed by atoms with Crippen LogP contribution in [0.4, 0.5) is 9.59 Å². The zero-order chi connectivity index (χ0) is 39.7. The van der Waals surface area contributed by atoms with E-state index in [4.69, 9.17) is 14.7 Å². The van der Waals surface area contributed by atoms with E-state index in [1.165, 1.54) is 12.7 Å². The minimum Gasteiger partial charge on any atom is -0.465 e. The van der Waals surface area contributed by atoms with Gasteiger partial charge in [0.15, 0.2) is 0 Å². The minimum absolute atomic E-state index is 0.0127. The van der Waals surface area contributed by atoms with E-state index in [1.807, 2.05) is 38.8 Å². The quantitative estimate of drug-likeness (QED) is 0.102. The number of aryl methyl sites for hydroxylation is 2. The maximum absolute atomic E-state index is 13.7. The molecule has 296 valence electrons. The Morgan fingerprint density at radius 1 is 0.857 bits per heavy atom. The Labute approximate surface area is 326 Å². The number of nitrogens with zero attached hydrogens (tertiary/aromatic N) is 3. The van der Waals surface area contributed by atoms with Crippen molar-refractivity contribution in [2.75, 3.05) is 13.7 Å². The van der Waals surface area contributed by atoms with Crippen LogP contribution in [0.5, 0.6) is 0 Å². The molecule has 3 heterocycles. The summed E-state index contributed by atoms with van der Waals surface area (Å²) in [6, 6.07) is 13.1. The molecule has 0 spiro atoms. The summed E-state index contributed by atoms with van der Waals surface area (Å²) in [4.78, 5) is 68.6. The fourth-order valence-corrected chi connectivity index (χ4v) is 8.58. The van der Waals surface area contributed by atoms with Gasteiger partial charge in [0, 0.05) is 24.1 Å². The van der Waals surface area contributed by atoms with Gasteiger partial charge in [-0.2, -0.15) is 0 Å². The first-order chi connectivity index (χ1) is 26.9. The molecule has 2 fully saturated rings. The van der Waals surface area contributed by atoms with Crippen LogP contribution in [0.15, 0.2) is 48.7 Å². The Bertz CT molecular complexity index is 2090. The van der Waals surface area contributed by atoms with Crippen LogP contribution in [0, 0.1) is 11.8 Å². The van der Waals surface area contributed by atoms with Gasteiger partial charge in [0.05, 0.1) is 36.4 Å². The van der Waals surface area contributed by atoms with Crippen molar-refractivity contribution in [3.8, 4) is 33.6 Å². The smallest absolute Gasteiger partial charge is 0.407 e. The molecule has 56 heavy (non-hydrogen) atoms. The number of amides is 4. The maximum atomic E-state index is 13.7. The highest BCUT2D eigenvalue weighted by molar-refractivity contribution is 5.87. The number of aromatic nitrogens is 4. The summed E-state index contributed by atoms with van der Waals surface area (Å²) in [5, 5.41) is 17.4. The van der Waals surface area contributed by atoms with Gasteiger partial charge in [-0.1, -0.05) is 76.6 Å². The van der Waals surface area contributed by atoms with Crippen LogP contribution in [0.2, 0.25) is 0 Å². The average molecular weight is 765 g/mol. The molecule has 2 aromatic heterocycles. The number of ether oxygens (including phenoxy) is 1. The molecule has 1 aliphatic heterocycles. The third kappa shape index (κ3) is 7.87. The summed E-state index contributed by atoms with van der Waals surface area (Å²) < 4.78 is 4.78. The van der Waals surface area contributed by atoms with Crippen LogP contribution in [0.1, 0.15) is 94.7 Å². The van der Waals surface area contributed by atoms with E-state index in [0.717, 1.165) is 95.9 Å². The third-order valence-electron chi connectivity index (χ3n) is 11.6. The second-order valence-electron chi connectivity index (χ2n) is 15.9. The standard InChI is InChI=1S/C42H52N8O6/c1-22(2)34(48-41(53)54)39(51)46-30-9-6-8-29(30)37-43-21-32(45-37)25-13-11-24(12-14-25)26-15-17-28-27(20-26)16-18-31-36(28)47-38(44-31)33-10-7-19-50(33)40(52)35(23(3)4)49-42(55)56-5/h11-15,17,20-23,29-30,33-35,48H,6-10,16,18-19H2,1-5H3,(H,43,45)(H,44,47)(H,46,51)(H,49,55)(H,53,54)/t29-,30-,33-,34-,35-/m0/s1. The number of benzene rings is 2. The van der Waals surface area contributed by atoms with Crippen molar-refractivity contribution in [2.24, 2.45) is 11.8 Å². The van der Waals surface area contributed by atoms with Crippen LogP contribution >= 0.6 is 0 Å². The van der Waals surface area contributed by atoms with E-state index in [9.17, 15) is 24.3 Å². The Balaban J connectivity index is 1.03. The fourth-order valence-electron chi connectivity index (χ4n) is 8.58. The van der Waals surface area contributed by atoms with E-state index < -0.39 is 24.3 Å². The zero-order valence-corrected chi connectivity index (χ0v) is 32.6. The topological polar surface area (TPSA) is 194 Å². The highest BCUT2D eigenvalue weighted by Gasteiger charge is 2.39. The number of likely N-dealkylation sites (tertiary alicyclic amines) is 1. The highest BCUT2D eigenvalue weighted by Crippen LogP contribution is 2.39. The van der Waals surface area contributed by atoms with E-state index >= 15 is 0 Å². The van der Waals surface area contributed by atoms with Crippen molar-refractivity contribution >= 4 is 24.0 Å². The number of aromatic amines is 2. The molecule has 0 bridgehead atoms. The lowest BCUT2D eigenvalue weighted by Gasteiger charge is -2.30. The molecule has 1 saturated heterocycles. The number of hydrogen-bond donors (Lipinski definition) is 6. The minimum atomic E-state index is -1.21. The summed E-state index contributed by atoms with van der Waals surface area (Å²) in [6.45, 7) is 8.08. The largest absolute Gasteiger partial charge is 0.465 e. The van der Waals surface area contributed by atoms with Crippen LogP contribution in [-0.4, -0.2) is 85.7 Å². The first-order valence-electron chi connectivity index (χ1n) is 19.7. The maximum Gasteiger partial charge on any atom is 0.407 e. The molecular weight excluding hydrogens is 713 g/mol. The molecule has 1 saturated carbocycles. The van der Waals surface area contributed by atoms with Gasteiger partial charge in [-0.3, -0.25) is 9.59 Å². The SMILES string of the molecule is COC(=O)N[C@H](C(=O)N1CCC[C@H]1c1nc2c([nH]1)-c1ccc(-c3ccc(-c4cnc([C@H]5CCC[C@@H]5NC(=O)[C@@H](NC(=O)O)C(C)C)[nH]4)cc3)cc1CC2)C(C)C. The van der Waals surface area contributed by atoms with Crippen molar-refractivity contribution < 1.29 is 29.0 Å². The lowest BCUT2D eigenvalue weighted by Crippen LogP contribution is -2.52.